The van der Waals surface area contributed by atoms with Gasteiger partial charge >= 0.3 is 19.8 Å². The molecule has 0 aromatic heterocycles. The van der Waals surface area contributed by atoms with Crippen LogP contribution < -0.4 is 0 Å². The number of unbranched alkanes of at least 4 members (excludes halogenated alkanes) is 21. The van der Waals surface area contributed by atoms with Gasteiger partial charge in [0.1, 0.15) is 12.7 Å². The lowest BCUT2D eigenvalue weighted by Crippen LogP contribution is -2.29. The molecular weight excluding hydrogens is 792 g/mol. The van der Waals surface area contributed by atoms with E-state index >= 15 is 0 Å². The minimum Gasteiger partial charge on any atom is -0.462 e. The maximum atomic E-state index is 12.6. The first-order chi connectivity index (χ1) is 29.7. The van der Waals surface area contributed by atoms with Crippen LogP contribution >= 0.6 is 7.82 Å². The molecule has 1 unspecified atom stereocenters. The Hall–Kier alpha value is -2.33. The Morgan fingerprint density at radius 1 is 0.492 bits per heavy atom. The van der Waals surface area contributed by atoms with E-state index in [0.29, 0.717) is 19.3 Å². The number of ether oxygens (including phenoxy) is 2. The predicted octanol–water partition coefficient (Wildman–Crippen LogP) is 13.5. The van der Waals surface area contributed by atoms with Crippen LogP contribution in [0.25, 0.3) is 0 Å². The first kappa shape index (κ1) is 58.7. The lowest BCUT2D eigenvalue weighted by Gasteiger charge is -2.20. The number of hydrogen-bond acceptors (Lipinski definition) is 9. The maximum absolute atomic E-state index is 12.6. The van der Waals surface area contributed by atoms with Crippen molar-refractivity contribution in [1.29, 1.82) is 0 Å². The molecule has 0 radical (unpaired) electrons. The molecule has 0 rings (SSSR count). The van der Waals surface area contributed by atoms with Crippen LogP contribution in [0.4, 0.5) is 0 Å². The standard InChI is InChI=1S/C50H89O10P/c1-3-5-7-9-11-13-15-17-19-21-22-23-24-26-27-29-31-33-35-37-39-41-49(53)57-45-48(46-59-61(55,56)58-44-47(52)43-51)60-50(54)42-40-38-36-34-32-30-28-25-20-18-16-14-12-10-8-6-4-2/h12,14,17-20,28,30,34,36,47-48,51-52H,3-11,13,15-16,21-27,29,31-33,35,37-46H2,1-2H3,(H,55,56)/b14-12+,19-17+,20-18+,30-28+,36-34+/t47-,48+/m0/s1. The van der Waals surface area contributed by atoms with E-state index < -0.39 is 51.8 Å². The van der Waals surface area contributed by atoms with E-state index in [4.69, 9.17) is 23.6 Å². The number of rotatable bonds is 45. The highest BCUT2D eigenvalue weighted by Gasteiger charge is 2.27. The number of phosphoric acid groups is 1. The first-order valence-corrected chi connectivity index (χ1v) is 25.7. The third-order valence-electron chi connectivity index (χ3n) is 10.1. The van der Waals surface area contributed by atoms with Crippen molar-refractivity contribution in [3.05, 3.63) is 60.8 Å². The zero-order chi connectivity index (χ0) is 44.8. The van der Waals surface area contributed by atoms with E-state index in [2.05, 4.69) is 62.5 Å². The summed E-state index contributed by atoms with van der Waals surface area (Å²) in [6.45, 7) is 2.30. The summed E-state index contributed by atoms with van der Waals surface area (Å²) in [5.74, 6) is -0.990. The van der Waals surface area contributed by atoms with E-state index in [9.17, 15) is 24.2 Å². The quantitative estimate of drug-likeness (QED) is 0.0233. The molecule has 11 heteroatoms. The SMILES string of the molecule is CCCCC/C=C/C/C=C/C/C=C/C/C=C/CCCC(=O)O[C@H](COC(=O)CCCCCCCCCCCCC/C=C/CCCCCCCC)COP(=O)(O)OC[C@@H](O)CO. The van der Waals surface area contributed by atoms with Crippen LogP contribution in [0, 0.1) is 0 Å². The molecule has 0 saturated heterocycles. The Bertz CT molecular complexity index is 1200. The molecule has 0 saturated carbocycles. The Labute approximate surface area is 372 Å². The van der Waals surface area contributed by atoms with Gasteiger partial charge in [-0.3, -0.25) is 18.6 Å². The van der Waals surface area contributed by atoms with Gasteiger partial charge in [-0.25, -0.2) is 4.57 Å². The smallest absolute Gasteiger partial charge is 0.462 e. The van der Waals surface area contributed by atoms with E-state index in [-0.39, 0.29) is 19.4 Å². The van der Waals surface area contributed by atoms with Crippen LogP contribution in [0.3, 0.4) is 0 Å². The fourth-order valence-corrected chi connectivity index (χ4v) is 7.18. The maximum Gasteiger partial charge on any atom is 0.472 e. The molecule has 3 N–H and O–H groups in total. The highest BCUT2D eigenvalue weighted by Crippen LogP contribution is 2.43. The van der Waals surface area contributed by atoms with Gasteiger partial charge < -0.3 is 24.6 Å². The van der Waals surface area contributed by atoms with E-state index in [1.165, 1.54) is 116 Å². The summed E-state index contributed by atoms with van der Waals surface area (Å²) >= 11 is 0. The molecular formula is C50H89O10P. The number of hydrogen-bond donors (Lipinski definition) is 3. The Morgan fingerprint density at radius 3 is 1.38 bits per heavy atom. The molecule has 0 spiro atoms. The largest absolute Gasteiger partial charge is 0.472 e. The predicted molar refractivity (Wildman–Crippen MR) is 251 cm³/mol. The summed E-state index contributed by atoms with van der Waals surface area (Å²) < 4.78 is 32.7. The second-order valence-electron chi connectivity index (χ2n) is 16.1. The lowest BCUT2D eigenvalue weighted by atomic mass is 10.0. The van der Waals surface area contributed by atoms with Gasteiger partial charge in [0.25, 0.3) is 0 Å². The van der Waals surface area contributed by atoms with Crippen LogP contribution in [0.5, 0.6) is 0 Å². The third kappa shape index (κ3) is 45.5. The summed E-state index contributed by atoms with van der Waals surface area (Å²) in [4.78, 5) is 35.1. The highest BCUT2D eigenvalue weighted by atomic mass is 31.2. The van der Waals surface area contributed by atoms with Crippen LogP contribution in [0.15, 0.2) is 60.8 Å². The van der Waals surface area contributed by atoms with Gasteiger partial charge in [0, 0.05) is 12.8 Å². The molecule has 354 valence electrons. The summed E-state index contributed by atoms with van der Waals surface area (Å²) in [7, 11) is -4.64. The van der Waals surface area contributed by atoms with Gasteiger partial charge in [-0.05, 0) is 77.0 Å². The Morgan fingerprint density at radius 2 is 0.869 bits per heavy atom. The summed E-state index contributed by atoms with van der Waals surface area (Å²) in [5.41, 5.74) is 0. The number of carbonyl (C=O) groups is 2. The van der Waals surface area contributed by atoms with Crippen LogP contribution in [0.1, 0.15) is 206 Å². The van der Waals surface area contributed by atoms with Crippen molar-refractivity contribution in [3.8, 4) is 0 Å². The number of carbonyl (C=O) groups excluding carboxylic acids is 2. The van der Waals surface area contributed by atoms with Gasteiger partial charge in [0.05, 0.1) is 19.8 Å². The number of allylic oxidation sites excluding steroid dienone is 10. The molecule has 10 nitrogen and oxygen atoms in total. The van der Waals surface area contributed by atoms with Crippen molar-refractivity contribution in [2.24, 2.45) is 0 Å². The van der Waals surface area contributed by atoms with Crippen LogP contribution in [0.2, 0.25) is 0 Å². The molecule has 0 aliphatic heterocycles. The molecule has 0 bridgehead atoms. The van der Waals surface area contributed by atoms with Gasteiger partial charge in [0.2, 0.25) is 0 Å². The van der Waals surface area contributed by atoms with E-state index in [1.807, 2.05) is 12.2 Å². The normalized spacial score (nSPS) is 14.2. The Kier molecular flexibility index (Phi) is 43.9. The molecule has 0 aromatic carbocycles. The van der Waals surface area contributed by atoms with E-state index in [0.717, 1.165) is 44.9 Å². The topological polar surface area (TPSA) is 149 Å². The zero-order valence-electron chi connectivity index (χ0n) is 38.6. The summed E-state index contributed by atoms with van der Waals surface area (Å²) in [6.07, 6.45) is 51.9. The molecule has 0 heterocycles. The molecule has 0 fully saturated rings. The third-order valence-corrected chi connectivity index (χ3v) is 11.1. The fraction of sp³-hybridized carbons (Fsp3) is 0.760. The number of phosphoric ester groups is 1. The van der Waals surface area contributed by atoms with Crippen molar-refractivity contribution >= 4 is 19.8 Å². The molecule has 0 amide bonds. The van der Waals surface area contributed by atoms with Gasteiger partial charge in [-0.2, -0.15) is 0 Å². The van der Waals surface area contributed by atoms with Crippen molar-refractivity contribution in [3.63, 3.8) is 0 Å². The van der Waals surface area contributed by atoms with Crippen molar-refractivity contribution < 1.29 is 47.8 Å². The van der Waals surface area contributed by atoms with Crippen molar-refractivity contribution in [2.45, 2.75) is 219 Å². The summed E-state index contributed by atoms with van der Waals surface area (Å²) in [5, 5.41) is 18.4. The molecule has 61 heavy (non-hydrogen) atoms. The van der Waals surface area contributed by atoms with E-state index in [1.54, 1.807) is 0 Å². The second kappa shape index (κ2) is 45.7. The monoisotopic (exact) mass is 881 g/mol. The summed E-state index contributed by atoms with van der Waals surface area (Å²) in [6, 6.07) is 0. The number of esters is 2. The second-order valence-corrected chi connectivity index (χ2v) is 17.6. The van der Waals surface area contributed by atoms with Crippen LogP contribution in [-0.4, -0.2) is 65.7 Å². The molecule has 0 aliphatic carbocycles. The van der Waals surface area contributed by atoms with Crippen molar-refractivity contribution in [2.75, 3.05) is 26.4 Å². The van der Waals surface area contributed by atoms with Gasteiger partial charge in [-0.15, -0.1) is 0 Å². The van der Waals surface area contributed by atoms with Crippen molar-refractivity contribution in [1.82, 2.24) is 0 Å². The first-order valence-electron chi connectivity index (χ1n) is 24.2. The fourth-order valence-electron chi connectivity index (χ4n) is 6.39. The lowest BCUT2D eigenvalue weighted by molar-refractivity contribution is -0.161. The minimum atomic E-state index is -4.64. The van der Waals surface area contributed by atoms with Gasteiger partial charge in [0.15, 0.2) is 6.10 Å². The minimum absolute atomic E-state index is 0.107. The zero-order valence-corrected chi connectivity index (χ0v) is 39.5. The average molecular weight is 881 g/mol. The molecule has 0 aromatic rings. The molecule has 0 aliphatic rings. The average Bonchev–Trinajstić information content (AvgIpc) is 3.25. The number of aliphatic hydroxyl groups excluding tert-OH is 2. The van der Waals surface area contributed by atoms with Crippen LogP contribution in [-0.2, 0) is 32.7 Å². The number of aliphatic hydroxyl groups is 2. The Balaban J connectivity index is 4.28. The molecule has 3 atom stereocenters. The highest BCUT2D eigenvalue weighted by molar-refractivity contribution is 7.47. The van der Waals surface area contributed by atoms with Gasteiger partial charge in [-0.1, -0.05) is 177 Å².